The van der Waals surface area contributed by atoms with E-state index in [-0.39, 0.29) is 5.91 Å². The number of ether oxygens (including phenoxy) is 2. The fourth-order valence-corrected chi connectivity index (χ4v) is 4.33. The SMILES string of the molecule is C=C(/C=C\C(=O)N(C)N)c1cc2c(cc1C)OC1(CCN(C3CCC3)CC1)OC2. The molecule has 1 aromatic carbocycles. The number of piperidine rings is 1. The van der Waals surface area contributed by atoms with E-state index >= 15 is 0 Å². The molecule has 6 heteroatoms. The molecule has 1 spiro atoms. The van der Waals surface area contributed by atoms with E-state index in [1.165, 1.54) is 32.4 Å². The number of nitrogens with zero attached hydrogens (tertiary/aromatic N) is 2. The Hall–Kier alpha value is -2.15. The largest absolute Gasteiger partial charge is 0.462 e. The van der Waals surface area contributed by atoms with Crippen molar-refractivity contribution in [2.75, 3.05) is 20.1 Å². The lowest BCUT2D eigenvalue weighted by atomic mass is 9.89. The molecule has 1 saturated heterocycles. The van der Waals surface area contributed by atoms with E-state index in [1.54, 1.807) is 6.08 Å². The summed E-state index contributed by atoms with van der Waals surface area (Å²) in [7, 11) is 1.51. The summed E-state index contributed by atoms with van der Waals surface area (Å²) in [5.41, 5.74) is 3.83. The van der Waals surface area contributed by atoms with Crippen LogP contribution in [0.15, 0.2) is 30.9 Å². The number of carbonyl (C=O) groups excluding carboxylic acids is 1. The van der Waals surface area contributed by atoms with E-state index in [0.29, 0.717) is 6.61 Å². The van der Waals surface area contributed by atoms with Gasteiger partial charge in [-0.2, -0.15) is 0 Å². The normalized spacial score (nSPS) is 21.5. The minimum Gasteiger partial charge on any atom is -0.462 e. The molecule has 156 valence electrons. The van der Waals surface area contributed by atoms with Crippen LogP contribution in [0.1, 0.15) is 48.8 Å². The van der Waals surface area contributed by atoms with E-state index in [0.717, 1.165) is 65.0 Å². The molecule has 2 heterocycles. The Morgan fingerprint density at radius 2 is 2.03 bits per heavy atom. The monoisotopic (exact) mass is 397 g/mol. The first-order valence-electron chi connectivity index (χ1n) is 10.5. The van der Waals surface area contributed by atoms with E-state index in [4.69, 9.17) is 15.3 Å². The molecule has 1 saturated carbocycles. The van der Waals surface area contributed by atoms with Crippen molar-refractivity contribution in [3.8, 4) is 5.75 Å². The molecular formula is C23H31N3O3. The Kier molecular flexibility index (Phi) is 5.51. The van der Waals surface area contributed by atoms with Crippen molar-refractivity contribution in [3.05, 3.63) is 47.6 Å². The van der Waals surface area contributed by atoms with Gasteiger partial charge in [0, 0.05) is 50.7 Å². The zero-order valence-electron chi connectivity index (χ0n) is 17.4. The maximum atomic E-state index is 11.7. The molecule has 0 atom stereocenters. The van der Waals surface area contributed by atoms with E-state index in [2.05, 4.69) is 23.6 Å². The molecule has 0 unspecified atom stereocenters. The van der Waals surface area contributed by atoms with Crippen LogP contribution < -0.4 is 10.6 Å². The highest BCUT2D eigenvalue weighted by Gasteiger charge is 2.42. The van der Waals surface area contributed by atoms with E-state index in [1.807, 2.05) is 6.92 Å². The maximum Gasteiger partial charge on any atom is 0.260 e. The fourth-order valence-electron chi connectivity index (χ4n) is 4.33. The number of carbonyl (C=O) groups is 1. The van der Waals surface area contributed by atoms with Crippen molar-refractivity contribution in [1.29, 1.82) is 0 Å². The second-order valence-corrected chi connectivity index (χ2v) is 8.50. The van der Waals surface area contributed by atoms with Crippen molar-refractivity contribution in [1.82, 2.24) is 9.91 Å². The lowest BCUT2D eigenvalue weighted by Gasteiger charge is -2.47. The number of hydrogen-bond donors (Lipinski definition) is 1. The summed E-state index contributed by atoms with van der Waals surface area (Å²) in [5.74, 6) is 5.60. The van der Waals surface area contributed by atoms with Gasteiger partial charge >= 0.3 is 0 Å². The Balaban J connectivity index is 1.45. The van der Waals surface area contributed by atoms with E-state index < -0.39 is 5.79 Å². The Morgan fingerprint density at radius 1 is 1.31 bits per heavy atom. The molecule has 6 nitrogen and oxygen atoms in total. The molecule has 2 N–H and O–H groups in total. The quantitative estimate of drug-likeness (QED) is 0.278. The third-order valence-corrected chi connectivity index (χ3v) is 6.47. The highest BCUT2D eigenvalue weighted by molar-refractivity contribution is 5.90. The average Bonchev–Trinajstić information content (AvgIpc) is 2.65. The van der Waals surface area contributed by atoms with Crippen molar-refractivity contribution < 1.29 is 14.3 Å². The van der Waals surface area contributed by atoms with Crippen LogP contribution >= 0.6 is 0 Å². The van der Waals surface area contributed by atoms with Crippen molar-refractivity contribution >= 4 is 11.5 Å². The van der Waals surface area contributed by atoms with Crippen molar-refractivity contribution in [2.24, 2.45) is 5.84 Å². The summed E-state index contributed by atoms with van der Waals surface area (Å²) in [5, 5.41) is 1.04. The minimum absolute atomic E-state index is 0.274. The van der Waals surface area contributed by atoms with Crippen molar-refractivity contribution in [2.45, 2.75) is 57.5 Å². The second-order valence-electron chi connectivity index (χ2n) is 8.50. The summed E-state index contributed by atoms with van der Waals surface area (Å²) in [6.07, 6.45) is 8.99. The summed E-state index contributed by atoms with van der Waals surface area (Å²) < 4.78 is 12.7. The summed E-state index contributed by atoms with van der Waals surface area (Å²) >= 11 is 0. The predicted octanol–water partition coefficient (Wildman–Crippen LogP) is 3.15. The van der Waals surface area contributed by atoms with Crippen LogP contribution in [0, 0.1) is 6.92 Å². The highest BCUT2D eigenvalue weighted by atomic mass is 16.7. The third kappa shape index (κ3) is 4.10. The van der Waals surface area contributed by atoms with Gasteiger partial charge in [0.1, 0.15) is 5.75 Å². The average molecular weight is 398 g/mol. The molecule has 0 bridgehead atoms. The number of nitrogens with two attached hydrogens (primary N) is 1. The van der Waals surface area contributed by atoms with Gasteiger partial charge in [0.25, 0.3) is 5.91 Å². The lowest BCUT2D eigenvalue weighted by molar-refractivity contribution is -0.231. The first-order valence-corrected chi connectivity index (χ1v) is 10.5. The number of likely N-dealkylation sites (N-methyl/N-ethyl adjacent to an activating group) is 1. The Morgan fingerprint density at radius 3 is 2.66 bits per heavy atom. The molecule has 1 aliphatic carbocycles. The van der Waals surface area contributed by atoms with Gasteiger partial charge in [-0.05, 0) is 54.7 Å². The molecule has 1 amide bonds. The first kappa shape index (κ1) is 20.1. The number of fused-ring (bicyclic) bond motifs is 1. The van der Waals surface area contributed by atoms with Crippen LogP contribution in [-0.2, 0) is 16.1 Å². The lowest BCUT2D eigenvalue weighted by Crippen LogP contribution is -2.54. The molecule has 2 fully saturated rings. The molecule has 0 aromatic heterocycles. The molecular weight excluding hydrogens is 366 g/mol. The van der Waals surface area contributed by atoms with Gasteiger partial charge in [-0.1, -0.05) is 13.0 Å². The topological polar surface area (TPSA) is 68.0 Å². The third-order valence-electron chi connectivity index (χ3n) is 6.47. The number of benzene rings is 1. The minimum atomic E-state index is -0.490. The van der Waals surface area contributed by atoms with Crippen LogP contribution in [0.2, 0.25) is 0 Å². The molecule has 4 rings (SSSR count). The van der Waals surface area contributed by atoms with Crippen LogP contribution in [0.4, 0.5) is 0 Å². The van der Waals surface area contributed by atoms with Crippen LogP contribution in [-0.4, -0.2) is 47.8 Å². The molecule has 2 aliphatic heterocycles. The fraction of sp³-hybridized carbons (Fsp3) is 0.522. The van der Waals surface area contributed by atoms with Gasteiger partial charge in [-0.25, -0.2) is 5.84 Å². The molecule has 0 radical (unpaired) electrons. The predicted molar refractivity (Wildman–Crippen MR) is 113 cm³/mol. The van der Waals surface area contributed by atoms with Crippen LogP contribution in [0.5, 0.6) is 5.75 Å². The summed E-state index contributed by atoms with van der Waals surface area (Å²) in [4.78, 5) is 14.3. The zero-order valence-corrected chi connectivity index (χ0v) is 17.4. The van der Waals surface area contributed by atoms with E-state index in [9.17, 15) is 4.79 Å². The smallest absolute Gasteiger partial charge is 0.260 e. The maximum absolute atomic E-state index is 11.7. The summed E-state index contributed by atoms with van der Waals surface area (Å²) in [6, 6.07) is 4.91. The highest BCUT2D eigenvalue weighted by Crippen LogP contribution is 2.40. The zero-order chi connectivity index (χ0) is 20.6. The van der Waals surface area contributed by atoms with Crippen LogP contribution in [0.25, 0.3) is 5.57 Å². The number of allylic oxidation sites excluding steroid dienone is 2. The Labute approximate surface area is 172 Å². The molecule has 1 aromatic rings. The number of hydrazine groups is 1. The number of amides is 1. The summed E-state index contributed by atoms with van der Waals surface area (Å²) in [6.45, 7) is 8.76. The number of hydrogen-bond acceptors (Lipinski definition) is 5. The number of aryl methyl sites for hydroxylation is 1. The second kappa shape index (κ2) is 7.94. The van der Waals surface area contributed by atoms with Gasteiger partial charge < -0.3 is 9.47 Å². The van der Waals surface area contributed by atoms with Gasteiger partial charge in [0.2, 0.25) is 5.79 Å². The van der Waals surface area contributed by atoms with Crippen molar-refractivity contribution in [3.63, 3.8) is 0 Å². The molecule has 29 heavy (non-hydrogen) atoms. The van der Waals surface area contributed by atoms with Gasteiger partial charge in [-0.3, -0.25) is 14.7 Å². The standard InChI is InChI=1S/C23H31N3O3/c1-16(7-8-22(27)25(3)24)20-14-18-15-28-23(29-21(18)13-17(20)2)9-11-26(12-10-23)19-5-4-6-19/h7-8,13-14,19H,1,4-6,9-12,15,24H2,2-3H3/b8-7-. The van der Waals surface area contributed by atoms with Gasteiger partial charge in [-0.15, -0.1) is 0 Å². The number of rotatable bonds is 4. The van der Waals surface area contributed by atoms with Gasteiger partial charge in [0.15, 0.2) is 0 Å². The Bertz CT molecular complexity index is 834. The van der Waals surface area contributed by atoms with Gasteiger partial charge in [0.05, 0.1) is 6.61 Å². The number of likely N-dealkylation sites (tertiary alicyclic amines) is 1. The molecule has 3 aliphatic rings. The first-order chi connectivity index (χ1) is 13.9. The van der Waals surface area contributed by atoms with Crippen LogP contribution in [0.3, 0.4) is 0 Å².